The van der Waals surface area contributed by atoms with Gasteiger partial charge in [-0.2, -0.15) is 15.8 Å². The number of fused-ring (bicyclic) bond motifs is 2. The molecular formula is C18H20N4. The number of hydrogen-bond donors (Lipinski definition) is 1. The highest BCUT2D eigenvalue weighted by molar-refractivity contribution is 5.58. The highest BCUT2D eigenvalue weighted by atomic mass is 14.7. The van der Waals surface area contributed by atoms with E-state index in [0.717, 1.165) is 56.9 Å². The van der Waals surface area contributed by atoms with Crippen LogP contribution in [0.5, 0.6) is 0 Å². The van der Waals surface area contributed by atoms with Crippen molar-refractivity contribution in [2.75, 3.05) is 0 Å². The number of nitrogens with two attached hydrogens (primary N) is 1. The van der Waals surface area contributed by atoms with E-state index in [4.69, 9.17) is 5.73 Å². The molecule has 0 heterocycles. The van der Waals surface area contributed by atoms with E-state index in [-0.39, 0.29) is 11.6 Å². The van der Waals surface area contributed by atoms with Crippen LogP contribution in [0.2, 0.25) is 0 Å². The first kappa shape index (κ1) is 14.7. The summed E-state index contributed by atoms with van der Waals surface area (Å²) in [4.78, 5) is 0. The Morgan fingerprint density at radius 3 is 2.32 bits per heavy atom. The van der Waals surface area contributed by atoms with Crippen LogP contribution < -0.4 is 5.73 Å². The summed E-state index contributed by atoms with van der Waals surface area (Å²) in [6, 6.07) is 6.69. The van der Waals surface area contributed by atoms with Crippen LogP contribution >= 0.6 is 0 Å². The van der Waals surface area contributed by atoms with E-state index in [2.05, 4.69) is 24.3 Å². The van der Waals surface area contributed by atoms with Crippen LogP contribution in [0.3, 0.4) is 0 Å². The van der Waals surface area contributed by atoms with Crippen molar-refractivity contribution in [3.05, 3.63) is 22.9 Å². The molecule has 4 nitrogen and oxygen atoms in total. The van der Waals surface area contributed by atoms with E-state index in [0.29, 0.717) is 5.57 Å². The molecule has 3 rings (SSSR count). The average Bonchev–Trinajstić information content (AvgIpc) is 2.58. The molecule has 112 valence electrons. The number of nitrogens with zero attached hydrogens (tertiary/aromatic N) is 3. The van der Waals surface area contributed by atoms with Crippen LogP contribution in [0.25, 0.3) is 0 Å². The van der Waals surface area contributed by atoms with E-state index < -0.39 is 10.8 Å². The van der Waals surface area contributed by atoms with Crippen molar-refractivity contribution in [2.24, 2.45) is 22.5 Å². The standard InChI is InChI=1S/C18H20N4/c19-10-14-13-6-2-3-7-15(13)17(8-4-1-5-9-17)18(11-20,12-21)16(14)22/h6,15H,1-5,7-9,22H2/t15-/m0/s1. The second-order valence-electron chi connectivity index (χ2n) is 6.73. The fourth-order valence-electron chi connectivity index (χ4n) is 5.00. The van der Waals surface area contributed by atoms with Gasteiger partial charge in [-0.05, 0) is 43.6 Å². The summed E-state index contributed by atoms with van der Waals surface area (Å²) in [6.45, 7) is 0. The molecule has 0 aromatic rings. The number of hydrogen-bond acceptors (Lipinski definition) is 4. The first-order valence-electron chi connectivity index (χ1n) is 8.10. The zero-order valence-electron chi connectivity index (χ0n) is 12.7. The van der Waals surface area contributed by atoms with Crippen molar-refractivity contribution in [1.82, 2.24) is 0 Å². The van der Waals surface area contributed by atoms with Gasteiger partial charge in [0.1, 0.15) is 6.07 Å². The lowest BCUT2D eigenvalue weighted by Gasteiger charge is -2.55. The lowest BCUT2D eigenvalue weighted by molar-refractivity contribution is 0.0321. The Labute approximate surface area is 131 Å². The molecule has 0 saturated heterocycles. The van der Waals surface area contributed by atoms with E-state index >= 15 is 0 Å². The average molecular weight is 292 g/mol. The van der Waals surface area contributed by atoms with Crippen molar-refractivity contribution in [2.45, 2.75) is 51.4 Å². The summed E-state index contributed by atoms with van der Waals surface area (Å²) >= 11 is 0. The van der Waals surface area contributed by atoms with Gasteiger partial charge >= 0.3 is 0 Å². The van der Waals surface area contributed by atoms with Crippen LogP contribution in [0.1, 0.15) is 51.4 Å². The molecule has 1 atom stereocenters. The maximum atomic E-state index is 9.92. The van der Waals surface area contributed by atoms with E-state index in [9.17, 15) is 15.8 Å². The number of allylic oxidation sites excluding steroid dienone is 4. The molecule has 22 heavy (non-hydrogen) atoms. The van der Waals surface area contributed by atoms with E-state index in [1.54, 1.807) is 0 Å². The van der Waals surface area contributed by atoms with Gasteiger partial charge in [0.25, 0.3) is 0 Å². The molecule has 0 radical (unpaired) electrons. The van der Waals surface area contributed by atoms with E-state index in [1.807, 2.05) is 0 Å². The Hall–Kier alpha value is -2.25. The van der Waals surface area contributed by atoms with Gasteiger partial charge in [-0.3, -0.25) is 0 Å². The molecule has 1 fully saturated rings. The second kappa shape index (κ2) is 5.19. The summed E-state index contributed by atoms with van der Waals surface area (Å²) in [6.07, 6.45) is 10.0. The molecule has 3 aliphatic carbocycles. The minimum Gasteiger partial charge on any atom is -0.399 e. The lowest BCUT2D eigenvalue weighted by atomic mass is 9.45. The molecule has 0 aromatic heterocycles. The van der Waals surface area contributed by atoms with Gasteiger partial charge < -0.3 is 5.73 Å². The Bertz CT molecular complexity index is 657. The zero-order chi connectivity index (χ0) is 15.8. The largest absolute Gasteiger partial charge is 0.399 e. The Morgan fingerprint density at radius 2 is 1.73 bits per heavy atom. The maximum Gasteiger partial charge on any atom is 0.190 e. The minimum absolute atomic E-state index is 0.128. The molecule has 0 aliphatic heterocycles. The molecule has 3 aliphatic rings. The summed E-state index contributed by atoms with van der Waals surface area (Å²) in [5.41, 5.74) is 6.11. The van der Waals surface area contributed by atoms with Crippen LogP contribution in [-0.4, -0.2) is 0 Å². The number of rotatable bonds is 0. The predicted molar refractivity (Wildman–Crippen MR) is 81.4 cm³/mol. The SMILES string of the molecule is N#CC1=C(N)C(C#N)(C#N)C2(CCCCC2)[C@H]2CCCC=C12. The number of nitriles is 3. The Kier molecular flexibility index (Phi) is 3.46. The van der Waals surface area contributed by atoms with Crippen LogP contribution in [0.4, 0.5) is 0 Å². The molecule has 0 bridgehead atoms. The van der Waals surface area contributed by atoms with Gasteiger partial charge in [0.05, 0.1) is 23.4 Å². The van der Waals surface area contributed by atoms with Gasteiger partial charge in [-0.15, -0.1) is 0 Å². The highest BCUT2D eigenvalue weighted by Gasteiger charge is 2.63. The van der Waals surface area contributed by atoms with E-state index in [1.165, 1.54) is 0 Å². The van der Waals surface area contributed by atoms with Gasteiger partial charge in [0.2, 0.25) is 0 Å². The minimum atomic E-state index is -1.35. The molecule has 0 amide bonds. The van der Waals surface area contributed by atoms with Crippen molar-refractivity contribution in [1.29, 1.82) is 15.8 Å². The molecular weight excluding hydrogens is 272 g/mol. The Morgan fingerprint density at radius 1 is 1.05 bits per heavy atom. The predicted octanol–water partition coefficient (Wildman–Crippen LogP) is 3.45. The fraction of sp³-hybridized carbons (Fsp3) is 0.611. The smallest absolute Gasteiger partial charge is 0.190 e. The van der Waals surface area contributed by atoms with Crippen LogP contribution in [0, 0.1) is 50.7 Å². The molecule has 4 heteroatoms. The summed E-state index contributed by atoms with van der Waals surface area (Å²) in [7, 11) is 0. The third-order valence-corrected chi connectivity index (χ3v) is 6.01. The van der Waals surface area contributed by atoms with Crippen molar-refractivity contribution >= 4 is 0 Å². The van der Waals surface area contributed by atoms with Crippen LogP contribution in [0.15, 0.2) is 22.9 Å². The van der Waals surface area contributed by atoms with Gasteiger partial charge in [-0.1, -0.05) is 25.3 Å². The quantitative estimate of drug-likeness (QED) is 0.739. The third-order valence-electron chi connectivity index (χ3n) is 6.01. The van der Waals surface area contributed by atoms with Crippen molar-refractivity contribution < 1.29 is 0 Å². The first-order valence-corrected chi connectivity index (χ1v) is 8.10. The maximum absolute atomic E-state index is 9.92. The molecule has 0 aromatic carbocycles. The van der Waals surface area contributed by atoms with Gasteiger partial charge in [-0.25, -0.2) is 0 Å². The summed E-state index contributed by atoms with van der Waals surface area (Å²) in [5.74, 6) is 0.128. The summed E-state index contributed by atoms with van der Waals surface area (Å²) < 4.78 is 0. The molecule has 2 N–H and O–H groups in total. The normalized spacial score (nSPS) is 28.8. The van der Waals surface area contributed by atoms with Gasteiger partial charge in [0, 0.05) is 5.41 Å². The van der Waals surface area contributed by atoms with Gasteiger partial charge in [0.15, 0.2) is 5.41 Å². The van der Waals surface area contributed by atoms with Crippen molar-refractivity contribution in [3.63, 3.8) is 0 Å². The second-order valence-corrected chi connectivity index (χ2v) is 6.73. The molecule has 1 spiro atoms. The molecule has 0 unspecified atom stereocenters. The third kappa shape index (κ3) is 1.60. The fourth-order valence-corrected chi connectivity index (χ4v) is 5.00. The highest BCUT2D eigenvalue weighted by Crippen LogP contribution is 2.64. The van der Waals surface area contributed by atoms with Crippen molar-refractivity contribution in [3.8, 4) is 18.2 Å². The first-order chi connectivity index (χ1) is 10.7. The Balaban J connectivity index is 2.33. The van der Waals surface area contributed by atoms with Crippen LogP contribution in [-0.2, 0) is 0 Å². The monoisotopic (exact) mass is 292 g/mol. The summed E-state index contributed by atoms with van der Waals surface area (Å²) in [5, 5.41) is 29.4. The molecule has 1 saturated carbocycles. The zero-order valence-corrected chi connectivity index (χ0v) is 12.7. The topological polar surface area (TPSA) is 97.4 Å². The lowest BCUT2D eigenvalue weighted by Crippen LogP contribution is -2.54.